The molecule has 2 saturated heterocycles. The largest absolute Gasteiger partial charge is 0.342 e. The average molecular weight is 378 g/mol. The van der Waals surface area contributed by atoms with Gasteiger partial charge in [-0.05, 0) is 52.0 Å². The van der Waals surface area contributed by atoms with Crippen molar-refractivity contribution in [2.24, 2.45) is 5.92 Å². The number of carbonyl (C=O) groups excluding carboxylic acids is 1. The van der Waals surface area contributed by atoms with E-state index < -0.39 is 0 Å². The molecule has 0 aromatic carbocycles. The fourth-order valence-corrected chi connectivity index (χ4v) is 3.69. The quantitative estimate of drug-likeness (QED) is 0.872. The number of piperidine rings is 1. The van der Waals surface area contributed by atoms with Gasteiger partial charge in [0.1, 0.15) is 11.6 Å². The second kappa shape index (κ2) is 9.59. The maximum absolute atomic E-state index is 12.5. The number of nitrogens with one attached hydrogen (secondary N) is 1. The molecule has 0 saturated carbocycles. The molecular formula is C16H29Cl2N5O. The van der Waals surface area contributed by atoms with E-state index in [0.29, 0.717) is 24.3 Å². The van der Waals surface area contributed by atoms with Gasteiger partial charge in [0.05, 0.1) is 0 Å². The van der Waals surface area contributed by atoms with Crippen molar-refractivity contribution >= 4 is 30.7 Å². The first-order valence-electron chi connectivity index (χ1n) is 8.51. The van der Waals surface area contributed by atoms with Crippen molar-refractivity contribution in [2.45, 2.75) is 58.5 Å². The first-order chi connectivity index (χ1) is 10.6. The van der Waals surface area contributed by atoms with Gasteiger partial charge >= 0.3 is 0 Å². The summed E-state index contributed by atoms with van der Waals surface area (Å²) in [7, 11) is 0. The summed E-state index contributed by atoms with van der Waals surface area (Å²) in [6, 6.07) is 0.396. The summed E-state index contributed by atoms with van der Waals surface area (Å²) in [5, 5.41) is 7.87. The van der Waals surface area contributed by atoms with Crippen LogP contribution >= 0.6 is 24.8 Å². The molecule has 3 heterocycles. The second-order valence-corrected chi connectivity index (χ2v) is 6.73. The highest BCUT2D eigenvalue weighted by Crippen LogP contribution is 2.20. The number of amides is 1. The van der Waals surface area contributed by atoms with Crippen LogP contribution in [0.15, 0.2) is 0 Å². The third kappa shape index (κ3) is 5.33. The Balaban J connectivity index is 0.00000144. The molecule has 2 aliphatic rings. The van der Waals surface area contributed by atoms with E-state index in [2.05, 4.69) is 20.3 Å². The predicted molar refractivity (Wildman–Crippen MR) is 98.9 cm³/mol. The Morgan fingerprint density at radius 1 is 1.25 bits per heavy atom. The van der Waals surface area contributed by atoms with Crippen LogP contribution in [0.2, 0.25) is 0 Å². The smallest absolute Gasteiger partial charge is 0.224 e. The summed E-state index contributed by atoms with van der Waals surface area (Å²) in [6.45, 7) is 7.64. The van der Waals surface area contributed by atoms with Crippen molar-refractivity contribution in [3.8, 4) is 0 Å². The van der Waals surface area contributed by atoms with Gasteiger partial charge in [0.2, 0.25) is 5.91 Å². The number of likely N-dealkylation sites (tertiary alicyclic amines) is 1. The van der Waals surface area contributed by atoms with Gasteiger partial charge in [-0.3, -0.25) is 4.79 Å². The topological polar surface area (TPSA) is 63.1 Å². The SMILES string of the molecule is Cc1nc(C)n(CC2CCCN(C(=O)CC3CCCN3)C2)n1.Cl.Cl. The van der Waals surface area contributed by atoms with E-state index in [9.17, 15) is 4.79 Å². The molecule has 1 N–H and O–H groups in total. The molecule has 2 unspecified atom stereocenters. The van der Waals surface area contributed by atoms with Crippen LogP contribution in [0, 0.1) is 19.8 Å². The minimum absolute atomic E-state index is 0. The van der Waals surface area contributed by atoms with Crippen molar-refractivity contribution in [3.05, 3.63) is 11.6 Å². The molecular weight excluding hydrogens is 349 g/mol. The lowest BCUT2D eigenvalue weighted by atomic mass is 9.97. The lowest BCUT2D eigenvalue weighted by molar-refractivity contribution is -0.133. The molecule has 1 aromatic rings. The van der Waals surface area contributed by atoms with Crippen molar-refractivity contribution in [3.63, 3.8) is 0 Å². The Bertz CT molecular complexity index is 531. The molecule has 2 aliphatic heterocycles. The first kappa shape index (κ1) is 21.2. The van der Waals surface area contributed by atoms with Crippen LogP contribution in [0.4, 0.5) is 0 Å². The Hall–Kier alpha value is -0.850. The first-order valence-corrected chi connectivity index (χ1v) is 8.51. The van der Waals surface area contributed by atoms with E-state index in [-0.39, 0.29) is 24.8 Å². The van der Waals surface area contributed by atoms with Gasteiger partial charge in [0.25, 0.3) is 0 Å². The highest BCUT2D eigenvalue weighted by molar-refractivity contribution is 5.85. The number of hydrogen-bond acceptors (Lipinski definition) is 4. The number of halogens is 2. The van der Waals surface area contributed by atoms with Gasteiger partial charge in [-0.25, -0.2) is 9.67 Å². The van der Waals surface area contributed by atoms with Gasteiger partial charge < -0.3 is 10.2 Å². The normalized spacial score (nSPS) is 23.5. The molecule has 0 spiro atoms. The summed E-state index contributed by atoms with van der Waals surface area (Å²) >= 11 is 0. The highest BCUT2D eigenvalue weighted by Gasteiger charge is 2.27. The Labute approximate surface area is 156 Å². The Morgan fingerprint density at radius 2 is 2.04 bits per heavy atom. The average Bonchev–Trinajstić information content (AvgIpc) is 3.09. The van der Waals surface area contributed by atoms with Crippen molar-refractivity contribution < 1.29 is 4.79 Å². The zero-order valence-corrected chi connectivity index (χ0v) is 16.2. The molecule has 2 atom stereocenters. The number of aromatic nitrogens is 3. The number of carbonyl (C=O) groups is 1. The van der Waals surface area contributed by atoms with Gasteiger partial charge in [0, 0.05) is 32.1 Å². The van der Waals surface area contributed by atoms with E-state index >= 15 is 0 Å². The van der Waals surface area contributed by atoms with Gasteiger partial charge in [-0.1, -0.05) is 0 Å². The molecule has 0 radical (unpaired) electrons. The Kier molecular flexibility index (Phi) is 8.46. The number of rotatable bonds is 4. The third-order valence-corrected chi connectivity index (χ3v) is 4.85. The second-order valence-electron chi connectivity index (χ2n) is 6.73. The monoisotopic (exact) mass is 377 g/mol. The molecule has 1 aromatic heterocycles. The van der Waals surface area contributed by atoms with Crippen molar-refractivity contribution in [2.75, 3.05) is 19.6 Å². The summed E-state index contributed by atoms with van der Waals surface area (Å²) < 4.78 is 1.99. The number of nitrogens with zero attached hydrogens (tertiary/aromatic N) is 4. The zero-order valence-electron chi connectivity index (χ0n) is 14.5. The molecule has 8 heteroatoms. The molecule has 138 valence electrons. The Morgan fingerprint density at radius 3 is 2.67 bits per heavy atom. The van der Waals surface area contributed by atoms with Crippen LogP contribution in [-0.4, -0.2) is 51.2 Å². The van der Waals surface area contributed by atoms with Crippen molar-refractivity contribution in [1.82, 2.24) is 25.0 Å². The van der Waals surface area contributed by atoms with Crippen molar-refractivity contribution in [1.29, 1.82) is 0 Å². The van der Waals surface area contributed by atoms with Crippen LogP contribution in [0.5, 0.6) is 0 Å². The standard InChI is InChI=1S/C16H27N5O.2ClH/c1-12-18-13(2)21(19-12)11-14-5-4-8-20(10-14)16(22)9-15-6-3-7-17-15;;/h14-15,17H,3-11H2,1-2H3;2*1H. The van der Waals surface area contributed by atoms with Crippen LogP contribution in [0.1, 0.15) is 43.8 Å². The zero-order chi connectivity index (χ0) is 15.5. The molecule has 2 fully saturated rings. The van der Waals surface area contributed by atoms with E-state index in [1.54, 1.807) is 0 Å². The lowest BCUT2D eigenvalue weighted by Gasteiger charge is -2.33. The van der Waals surface area contributed by atoms with Crippen LogP contribution < -0.4 is 5.32 Å². The van der Waals surface area contributed by atoms with Crippen LogP contribution in [0.25, 0.3) is 0 Å². The van der Waals surface area contributed by atoms with Gasteiger partial charge in [0.15, 0.2) is 0 Å². The van der Waals surface area contributed by atoms with E-state index in [4.69, 9.17) is 0 Å². The van der Waals surface area contributed by atoms with Gasteiger partial charge in [-0.2, -0.15) is 5.10 Å². The lowest BCUT2D eigenvalue weighted by Crippen LogP contribution is -2.43. The minimum atomic E-state index is 0. The molecule has 1 amide bonds. The maximum atomic E-state index is 12.5. The molecule has 24 heavy (non-hydrogen) atoms. The maximum Gasteiger partial charge on any atom is 0.224 e. The summed E-state index contributed by atoms with van der Waals surface area (Å²) in [5.74, 6) is 2.61. The fourth-order valence-electron chi connectivity index (χ4n) is 3.69. The fraction of sp³-hybridized carbons (Fsp3) is 0.812. The predicted octanol–water partition coefficient (Wildman–Crippen LogP) is 2.12. The minimum Gasteiger partial charge on any atom is -0.342 e. The number of aryl methyl sites for hydroxylation is 2. The summed E-state index contributed by atoms with van der Waals surface area (Å²) in [4.78, 5) is 18.9. The number of hydrogen-bond donors (Lipinski definition) is 1. The summed E-state index contributed by atoms with van der Waals surface area (Å²) in [6.07, 6.45) is 5.27. The van der Waals surface area contributed by atoms with Gasteiger partial charge in [-0.15, -0.1) is 24.8 Å². The molecule has 0 bridgehead atoms. The third-order valence-electron chi connectivity index (χ3n) is 4.85. The van der Waals surface area contributed by atoms with E-state index in [1.165, 1.54) is 12.8 Å². The van der Waals surface area contributed by atoms with Crippen LogP contribution in [0.3, 0.4) is 0 Å². The van der Waals surface area contributed by atoms with E-state index in [1.807, 2.05) is 18.5 Å². The molecule has 3 rings (SSSR count). The molecule has 0 aliphatic carbocycles. The van der Waals surface area contributed by atoms with E-state index in [0.717, 1.165) is 50.7 Å². The summed E-state index contributed by atoms with van der Waals surface area (Å²) in [5.41, 5.74) is 0. The molecule has 6 nitrogen and oxygen atoms in total. The van der Waals surface area contributed by atoms with Crippen LogP contribution in [-0.2, 0) is 11.3 Å². The highest BCUT2D eigenvalue weighted by atomic mass is 35.5.